The van der Waals surface area contributed by atoms with E-state index in [0.29, 0.717) is 17.9 Å². The van der Waals surface area contributed by atoms with Gasteiger partial charge < -0.3 is 10.1 Å². The van der Waals surface area contributed by atoms with E-state index in [9.17, 15) is 13.2 Å². The SMILES string of the molecule is COc1cccc(-n2nnc(C(=O)NCCCS(=O)(=O)c3ccccc3)c2C)c1. The molecule has 2 aromatic carbocycles. The first-order chi connectivity index (χ1) is 13.9. The lowest BCUT2D eigenvalue weighted by atomic mass is 10.2. The van der Waals surface area contributed by atoms with Crippen LogP contribution in [-0.2, 0) is 9.84 Å². The fourth-order valence-corrected chi connectivity index (χ4v) is 4.15. The zero-order valence-electron chi connectivity index (χ0n) is 16.2. The highest BCUT2D eigenvalue weighted by atomic mass is 32.2. The van der Waals surface area contributed by atoms with Gasteiger partial charge in [-0.3, -0.25) is 4.79 Å². The van der Waals surface area contributed by atoms with Crippen LogP contribution in [0.4, 0.5) is 0 Å². The summed E-state index contributed by atoms with van der Waals surface area (Å²) >= 11 is 0. The molecule has 1 heterocycles. The quantitative estimate of drug-likeness (QED) is 0.567. The third-order valence-electron chi connectivity index (χ3n) is 4.39. The van der Waals surface area contributed by atoms with Gasteiger partial charge in [0.2, 0.25) is 0 Å². The molecular formula is C20H22N4O4S. The normalized spacial score (nSPS) is 11.2. The number of hydrogen-bond acceptors (Lipinski definition) is 6. The minimum atomic E-state index is -3.36. The molecule has 1 N–H and O–H groups in total. The van der Waals surface area contributed by atoms with Crippen molar-refractivity contribution in [3.63, 3.8) is 0 Å². The lowest BCUT2D eigenvalue weighted by Crippen LogP contribution is -2.27. The summed E-state index contributed by atoms with van der Waals surface area (Å²) in [6, 6.07) is 15.5. The predicted octanol–water partition coefficient (Wildman–Crippen LogP) is 2.18. The Morgan fingerprint density at radius 3 is 2.62 bits per heavy atom. The van der Waals surface area contributed by atoms with Gasteiger partial charge >= 0.3 is 0 Å². The van der Waals surface area contributed by atoms with Crippen molar-refractivity contribution >= 4 is 15.7 Å². The molecule has 0 aliphatic rings. The number of nitrogens with one attached hydrogen (secondary N) is 1. The van der Waals surface area contributed by atoms with Crippen molar-refractivity contribution in [1.82, 2.24) is 20.3 Å². The van der Waals surface area contributed by atoms with Crippen LogP contribution in [-0.4, -0.2) is 48.7 Å². The lowest BCUT2D eigenvalue weighted by Gasteiger charge is -2.07. The molecule has 0 radical (unpaired) electrons. The van der Waals surface area contributed by atoms with Gasteiger partial charge in [-0.15, -0.1) is 5.10 Å². The van der Waals surface area contributed by atoms with Gasteiger partial charge in [0.25, 0.3) is 5.91 Å². The Hall–Kier alpha value is -3.20. The van der Waals surface area contributed by atoms with Crippen LogP contribution >= 0.6 is 0 Å². The molecule has 0 unspecified atom stereocenters. The number of amides is 1. The van der Waals surface area contributed by atoms with E-state index in [-0.39, 0.29) is 22.9 Å². The van der Waals surface area contributed by atoms with Gasteiger partial charge in [-0.25, -0.2) is 13.1 Å². The van der Waals surface area contributed by atoms with E-state index in [1.807, 2.05) is 18.2 Å². The number of sulfone groups is 1. The Balaban J connectivity index is 1.60. The first-order valence-electron chi connectivity index (χ1n) is 9.05. The maximum atomic E-state index is 12.4. The molecule has 0 aliphatic carbocycles. The number of rotatable bonds is 8. The van der Waals surface area contributed by atoms with Gasteiger partial charge in [0.05, 0.1) is 29.1 Å². The van der Waals surface area contributed by atoms with Crippen molar-refractivity contribution in [3.05, 3.63) is 66.0 Å². The van der Waals surface area contributed by atoms with Gasteiger partial charge in [-0.1, -0.05) is 29.5 Å². The highest BCUT2D eigenvalue weighted by molar-refractivity contribution is 7.91. The van der Waals surface area contributed by atoms with Crippen LogP contribution in [0.3, 0.4) is 0 Å². The number of benzene rings is 2. The van der Waals surface area contributed by atoms with Crippen LogP contribution in [0.2, 0.25) is 0 Å². The summed E-state index contributed by atoms with van der Waals surface area (Å²) in [5.41, 5.74) is 1.49. The summed E-state index contributed by atoms with van der Waals surface area (Å²) in [4.78, 5) is 12.7. The molecule has 1 aromatic heterocycles. The summed E-state index contributed by atoms with van der Waals surface area (Å²) in [5, 5.41) is 10.7. The van der Waals surface area contributed by atoms with Crippen molar-refractivity contribution in [2.45, 2.75) is 18.2 Å². The molecule has 0 bridgehead atoms. The third-order valence-corrected chi connectivity index (χ3v) is 6.20. The number of carbonyl (C=O) groups is 1. The molecule has 0 aliphatic heterocycles. The molecule has 29 heavy (non-hydrogen) atoms. The molecule has 3 rings (SSSR count). The number of nitrogens with zero attached hydrogens (tertiary/aromatic N) is 3. The molecule has 0 spiro atoms. The molecule has 0 atom stereocenters. The molecule has 3 aromatic rings. The van der Waals surface area contributed by atoms with E-state index in [1.54, 1.807) is 55.1 Å². The second-order valence-electron chi connectivity index (χ2n) is 6.38. The second kappa shape index (κ2) is 8.87. The molecule has 0 saturated carbocycles. The highest BCUT2D eigenvalue weighted by Crippen LogP contribution is 2.18. The summed E-state index contributed by atoms with van der Waals surface area (Å²) in [6.45, 7) is 1.96. The van der Waals surface area contributed by atoms with Crippen molar-refractivity contribution in [1.29, 1.82) is 0 Å². The van der Waals surface area contributed by atoms with E-state index in [1.165, 1.54) is 0 Å². The van der Waals surface area contributed by atoms with Crippen molar-refractivity contribution in [3.8, 4) is 11.4 Å². The minimum absolute atomic E-state index is 0.0488. The van der Waals surface area contributed by atoms with Crippen molar-refractivity contribution in [2.75, 3.05) is 19.4 Å². The highest BCUT2D eigenvalue weighted by Gasteiger charge is 2.18. The monoisotopic (exact) mass is 414 g/mol. The molecule has 0 fully saturated rings. The smallest absolute Gasteiger partial charge is 0.273 e. The Bertz CT molecular complexity index is 1090. The largest absolute Gasteiger partial charge is 0.497 e. The first-order valence-corrected chi connectivity index (χ1v) is 10.7. The van der Waals surface area contributed by atoms with E-state index in [4.69, 9.17) is 4.74 Å². The molecular weight excluding hydrogens is 392 g/mol. The van der Waals surface area contributed by atoms with E-state index < -0.39 is 15.7 Å². The van der Waals surface area contributed by atoms with Crippen molar-refractivity contribution in [2.24, 2.45) is 0 Å². The van der Waals surface area contributed by atoms with Crippen LogP contribution in [0.1, 0.15) is 22.6 Å². The van der Waals surface area contributed by atoms with Gasteiger partial charge in [0.15, 0.2) is 15.5 Å². The van der Waals surface area contributed by atoms with E-state index in [0.717, 1.165) is 5.69 Å². The molecule has 8 nitrogen and oxygen atoms in total. The Morgan fingerprint density at radius 2 is 1.90 bits per heavy atom. The van der Waals surface area contributed by atoms with Crippen LogP contribution in [0, 0.1) is 6.92 Å². The summed E-state index contributed by atoms with van der Waals surface area (Å²) in [7, 11) is -1.79. The summed E-state index contributed by atoms with van der Waals surface area (Å²) in [6.07, 6.45) is 0.298. The van der Waals surface area contributed by atoms with Gasteiger partial charge in [0.1, 0.15) is 5.75 Å². The number of methoxy groups -OCH3 is 1. The van der Waals surface area contributed by atoms with E-state index in [2.05, 4.69) is 15.6 Å². The zero-order valence-corrected chi connectivity index (χ0v) is 17.0. The first kappa shape index (κ1) is 20.5. The molecule has 9 heteroatoms. The van der Waals surface area contributed by atoms with Crippen LogP contribution < -0.4 is 10.1 Å². The second-order valence-corrected chi connectivity index (χ2v) is 8.49. The fourth-order valence-electron chi connectivity index (χ4n) is 2.82. The Morgan fingerprint density at radius 1 is 1.14 bits per heavy atom. The molecule has 152 valence electrons. The minimum Gasteiger partial charge on any atom is -0.497 e. The summed E-state index contributed by atoms with van der Waals surface area (Å²) < 4.78 is 31.3. The van der Waals surface area contributed by atoms with Crippen LogP contribution in [0.25, 0.3) is 5.69 Å². The predicted molar refractivity (Wildman–Crippen MR) is 108 cm³/mol. The standard InChI is InChI=1S/C20H22N4O4S/c1-15-19(22-23-24(15)16-8-6-9-17(14-16)28-2)20(25)21-12-7-13-29(26,27)18-10-4-3-5-11-18/h3-6,8-11,14H,7,12-13H2,1-2H3,(H,21,25). The van der Waals surface area contributed by atoms with Crippen LogP contribution in [0.5, 0.6) is 5.75 Å². The average molecular weight is 414 g/mol. The molecule has 0 saturated heterocycles. The number of hydrogen-bond donors (Lipinski definition) is 1. The maximum absolute atomic E-state index is 12.4. The Labute approximate surface area is 169 Å². The topological polar surface area (TPSA) is 103 Å². The average Bonchev–Trinajstić information content (AvgIpc) is 3.13. The molecule has 1 amide bonds. The third kappa shape index (κ3) is 4.80. The Kier molecular flexibility index (Phi) is 6.28. The van der Waals surface area contributed by atoms with Crippen LogP contribution in [0.15, 0.2) is 59.5 Å². The van der Waals surface area contributed by atoms with E-state index >= 15 is 0 Å². The van der Waals surface area contributed by atoms with Gasteiger partial charge in [-0.05, 0) is 37.6 Å². The number of ether oxygens (including phenoxy) is 1. The summed E-state index contributed by atoms with van der Waals surface area (Å²) in [5.74, 6) is 0.226. The van der Waals surface area contributed by atoms with Gasteiger partial charge in [-0.2, -0.15) is 0 Å². The van der Waals surface area contributed by atoms with Gasteiger partial charge in [0, 0.05) is 12.6 Å². The van der Waals surface area contributed by atoms with Crippen molar-refractivity contribution < 1.29 is 17.9 Å². The lowest BCUT2D eigenvalue weighted by molar-refractivity contribution is 0.0948. The fraction of sp³-hybridized carbons (Fsp3) is 0.250. The zero-order chi connectivity index (χ0) is 20.9. The maximum Gasteiger partial charge on any atom is 0.273 e. The number of aromatic nitrogens is 3. The number of carbonyl (C=O) groups excluding carboxylic acids is 1.